The van der Waals surface area contributed by atoms with Crippen LogP contribution in [-0.2, 0) is 4.79 Å². The Morgan fingerprint density at radius 3 is 2.30 bits per heavy atom. The van der Waals surface area contributed by atoms with Gasteiger partial charge in [0.25, 0.3) is 0 Å². The average Bonchev–Trinajstić information content (AvgIpc) is 3.00. The molecule has 0 bridgehead atoms. The molecular formula is C34H44N4O2. The Morgan fingerprint density at radius 1 is 0.875 bits per heavy atom. The van der Waals surface area contributed by atoms with E-state index in [9.17, 15) is 4.79 Å². The van der Waals surface area contributed by atoms with Crippen molar-refractivity contribution in [1.29, 1.82) is 0 Å². The number of carbonyl (C=O) groups is 1. The molecule has 2 aliphatic carbocycles. The average molecular weight is 541 g/mol. The van der Waals surface area contributed by atoms with E-state index < -0.39 is 0 Å². The molecule has 2 aromatic heterocycles. The van der Waals surface area contributed by atoms with Crippen molar-refractivity contribution in [3.63, 3.8) is 0 Å². The Balaban J connectivity index is 1.33. The predicted octanol–water partition coefficient (Wildman–Crippen LogP) is 7.41. The highest BCUT2D eigenvalue weighted by atomic mass is 16.5. The van der Waals surface area contributed by atoms with E-state index in [0.29, 0.717) is 11.8 Å². The standard InChI is InChI=1S/C34H44N4O2/c1-24-20-28(14-16-31(24)40-4)26-12-10-25(11-13-26)23-38(34(39)27-8-6-5-7-9-27)33-21-29(18-19-35-33)30-15-17-32(36-22-30)37(2)3/h14-22,25-27H,5-13,23H2,1-4H3. The maximum Gasteiger partial charge on any atom is 0.231 e. The minimum atomic E-state index is 0.110. The molecule has 2 heterocycles. The molecule has 0 N–H and O–H groups in total. The fourth-order valence-corrected chi connectivity index (χ4v) is 6.53. The zero-order valence-electron chi connectivity index (χ0n) is 24.6. The van der Waals surface area contributed by atoms with E-state index in [1.165, 1.54) is 17.5 Å². The van der Waals surface area contributed by atoms with Gasteiger partial charge in [-0.2, -0.15) is 0 Å². The van der Waals surface area contributed by atoms with Crippen LogP contribution in [0.5, 0.6) is 5.75 Å². The fraction of sp³-hybridized carbons (Fsp3) is 0.500. The second kappa shape index (κ2) is 12.8. The van der Waals surface area contributed by atoms with Gasteiger partial charge >= 0.3 is 0 Å². The number of carbonyl (C=O) groups excluding carboxylic acids is 1. The fourth-order valence-electron chi connectivity index (χ4n) is 6.53. The molecular weight excluding hydrogens is 496 g/mol. The molecule has 1 aromatic carbocycles. The maximum atomic E-state index is 14.0. The number of hydrogen-bond acceptors (Lipinski definition) is 5. The summed E-state index contributed by atoms with van der Waals surface area (Å²) in [6.45, 7) is 2.87. The van der Waals surface area contributed by atoms with Crippen molar-refractivity contribution in [2.75, 3.05) is 37.5 Å². The number of pyridine rings is 2. The van der Waals surface area contributed by atoms with Crippen molar-refractivity contribution < 1.29 is 9.53 Å². The highest BCUT2D eigenvalue weighted by Gasteiger charge is 2.31. The summed E-state index contributed by atoms with van der Waals surface area (Å²) in [5.41, 5.74) is 4.69. The molecule has 6 heteroatoms. The molecule has 0 spiro atoms. The zero-order valence-corrected chi connectivity index (χ0v) is 24.6. The summed E-state index contributed by atoms with van der Waals surface area (Å²) < 4.78 is 5.46. The number of rotatable bonds is 8. The van der Waals surface area contributed by atoms with Gasteiger partial charge in [-0.1, -0.05) is 31.4 Å². The van der Waals surface area contributed by atoms with Crippen LogP contribution in [0, 0.1) is 18.8 Å². The highest BCUT2D eigenvalue weighted by molar-refractivity contribution is 5.94. The van der Waals surface area contributed by atoms with Crippen LogP contribution in [0.25, 0.3) is 11.1 Å². The molecule has 40 heavy (non-hydrogen) atoms. The van der Waals surface area contributed by atoms with Crippen molar-refractivity contribution in [3.05, 3.63) is 66.0 Å². The predicted molar refractivity (Wildman–Crippen MR) is 163 cm³/mol. The topological polar surface area (TPSA) is 58.6 Å². The maximum absolute atomic E-state index is 14.0. The molecule has 0 aliphatic heterocycles. The summed E-state index contributed by atoms with van der Waals surface area (Å²) in [5.74, 6) is 4.08. The lowest BCUT2D eigenvalue weighted by Crippen LogP contribution is -2.41. The third kappa shape index (κ3) is 6.48. The first-order chi connectivity index (χ1) is 19.4. The van der Waals surface area contributed by atoms with E-state index in [4.69, 9.17) is 9.72 Å². The van der Waals surface area contributed by atoms with Gasteiger partial charge in [0, 0.05) is 44.5 Å². The van der Waals surface area contributed by atoms with Crippen LogP contribution in [0.3, 0.4) is 0 Å². The van der Waals surface area contributed by atoms with Crippen molar-refractivity contribution in [2.45, 2.75) is 70.6 Å². The van der Waals surface area contributed by atoms with Crippen LogP contribution in [0.15, 0.2) is 54.9 Å². The van der Waals surface area contributed by atoms with Crippen LogP contribution < -0.4 is 14.5 Å². The number of anilines is 2. The Morgan fingerprint density at radius 2 is 1.65 bits per heavy atom. The minimum absolute atomic E-state index is 0.110. The van der Waals surface area contributed by atoms with Gasteiger partial charge in [-0.25, -0.2) is 9.97 Å². The lowest BCUT2D eigenvalue weighted by atomic mass is 9.78. The number of hydrogen-bond donors (Lipinski definition) is 0. The Labute approximate surface area is 239 Å². The van der Waals surface area contributed by atoms with Gasteiger partial charge in [0.1, 0.15) is 17.4 Å². The summed E-state index contributed by atoms with van der Waals surface area (Å²) in [6.07, 6.45) is 13.8. The lowest BCUT2D eigenvalue weighted by Gasteiger charge is -2.35. The first kappa shape index (κ1) is 28.1. The first-order valence-electron chi connectivity index (χ1n) is 15.0. The van der Waals surface area contributed by atoms with Crippen molar-refractivity contribution in [1.82, 2.24) is 9.97 Å². The van der Waals surface area contributed by atoms with Crippen LogP contribution in [-0.4, -0.2) is 43.6 Å². The SMILES string of the molecule is COc1ccc(C2CCC(CN(C(=O)C3CCCCC3)c3cc(-c4ccc(N(C)C)nc4)ccn3)CC2)cc1C. The van der Waals surface area contributed by atoms with Crippen molar-refractivity contribution >= 4 is 17.5 Å². The van der Waals surface area contributed by atoms with Gasteiger partial charge < -0.3 is 9.64 Å². The van der Waals surface area contributed by atoms with E-state index in [0.717, 1.165) is 86.4 Å². The minimum Gasteiger partial charge on any atom is -0.496 e. The van der Waals surface area contributed by atoms with Crippen LogP contribution in [0.2, 0.25) is 0 Å². The number of amides is 1. The van der Waals surface area contributed by atoms with E-state index in [1.807, 2.05) is 48.4 Å². The van der Waals surface area contributed by atoms with E-state index in [2.05, 4.69) is 42.2 Å². The molecule has 0 unspecified atom stereocenters. The van der Waals surface area contributed by atoms with Gasteiger partial charge in [0.2, 0.25) is 5.91 Å². The Kier molecular flexibility index (Phi) is 9.03. The molecule has 0 saturated heterocycles. The lowest BCUT2D eigenvalue weighted by molar-refractivity contribution is -0.123. The molecule has 1 amide bonds. The Bertz CT molecular complexity index is 1280. The monoisotopic (exact) mass is 540 g/mol. The third-order valence-electron chi connectivity index (χ3n) is 8.96. The van der Waals surface area contributed by atoms with Gasteiger partial charge in [0.15, 0.2) is 0 Å². The highest BCUT2D eigenvalue weighted by Crippen LogP contribution is 2.38. The summed E-state index contributed by atoms with van der Waals surface area (Å²) in [4.78, 5) is 27.3. The van der Waals surface area contributed by atoms with Crippen LogP contribution >= 0.6 is 0 Å². The number of ether oxygens (including phenoxy) is 1. The molecule has 2 aliphatic rings. The van der Waals surface area contributed by atoms with Gasteiger partial charge in [0.05, 0.1) is 7.11 Å². The third-order valence-corrected chi connectivity index (χ3v) is 8.96. The van der Waals surface area contributed by atoms with Crippen molar-refractivity contribution in [2.24, 2.45) is 11.8 Å². The second-order valence-corrected chi connectivity index (χ2v) is 11.9. The molecule has 2 fully saturated rings. The summed E-state index contributed by atoms with van der Waals surface area (Å²) in [6, 6.07) is 14.8. The number of aromatic nitrogens is 2. The van der Waals surface area contributed by atoms with Gasteiger partial charge in [-0.05, 0) is 104 Å². The van der Waals surface area contributed by atoms with E-state index in [-0.39, 0.29) is 11.8 Å². The van der Waals surface area contributed by atoms with E-state index in [1.54, 1.807) is 7.11 Å². The molecule has 0 atom stereocenters. The number of benzene rings is 1. The van der Waals surface area contributed by atoms with Gasteiger partial charge in [-0.3, -0.25) is 9.69 Å². The molecule has 0 radical (unpaired) electrons. The molecule has 5 rings (SSSR count). The van der Waals surface area contributed by atoms with Gasteiger partial charge in [-0.15, -0.1) is 0 Å². The molecule has 6 nitrogen and oxygen atoms in total. The smallest absolute Gasteiger partial charge is 0.231 e. The van der Waals surface area contributed by atoms with Crippen LogP contribution in [0.1, 0.15) is 74.8 Å². The zero-order chi connectivity index (χ0) is 28.1. The van der Waals surface area contributed by atoms with Crippen molar-refractivity contribution in [3.8, 4) is 16.9 Å². The summed E-state index contributed by atoms with van der Waals surface area (Å²) >= 11 is 0. The number of nitrogens with zero attached hydrogens (tertiary/aromatic N) is 4. The Hall–Kier alpha value is -3.41. The molecule has 2 saturated carbocycles. The van der Waals surface area contributed by atoms with Crippen LogP contribution in [0.4, 0.5) is 11.6 Å². The largest absolute Gasteiger partial charge is 0.496 e. The quantitative estimate of drug-likeness (QED) is 0.298. The normalized spacial score (nSPS) is 19.7. The molecule has 3 aromatic rings. The molecule has 212 valence electrons. The second-order valence-electron chi connectivity index (χ2n) is 11.9. The first-order valence-corrected chi connectivity index (χ1v) is 15.0. The number of methoxy groups -OCH3 is 1. The van der Waals surface area contributed by atoms with E-state index >= 15 is 0 Å². The number of aryl methyl sites for hydroxylation is 1. The summed E-state index contributed by atoms with van der Waals surface area (Å²) in [7, 11) is 5.72. The summed E-state index contributed by atoms with van der Waals surface area (Å²) in [5, 5.41) is 0.